The number of hydrogen-bond donors (Lipinski definition) is 2. The predicted molar refractivity (Wildman–Crippen MR) is 63.4 cm³/mol. The molecule has 0 amide bonds. The summed E-state index contributed by atoms with van der Waals surface area (Å²) in [7, 11) is 0. The van der Waals surface area contributed by atoms with Crippen LogP contribution in [0, 0.1) is 18.8 Å². The lowest BCUT2D eigenvalue weighted by Gasteiger charge is -2.33. The average Bonchev–Trinajstić information content (AvgIpc) is 2.74. The van der Waals surface area contributed by atoms with E-state index in [0.717, 1.165) is 5.69 Å². The summed E-state index contributed by atoms with van der Waals surface area (Å²) in [6, 6.07) is 1.79. The molecule has 2 unspecified atom stereocenters. The second-order valence-electron chi connectivity index (χ2n) is 4.85. The van der Waals surface area contributed by atoms with Gasteiger partial charge >= 0.3 is 11.9 Å². The van der Waals surface area contributed by atoms with Crippen LogP contribution >= 0.6 is 0 Å². The van der Waals surface area contributed by atoms with E-state index in [1.807, 2.05) is 11.8 Å². The van der Waals surface area contributed by atoms with Gasteiger partial charge < -0.3 is 14.7 Å². The number of likely N-dealkylation sites (tertiary alicyclic amines) is 1. The van der Waals surface area contributed by atoms with Gasteiger partial charge in [0, 0.05) is 12.6 Å². The maximum Gasteiger partial charge on any atom is 0.308 e. The monoisotopic (exact) mass is 268 g/mol. The Hall–Kier alpha value is -1.89. The minimum atomic E-state index is -1.06. The SMILES string of the molecule is Cc1cc(CN2CCC(C(=O)O)C(C(=O)O)C2)on1. The van der Waals surface area contributed by atoms with Crippen molar-refractivity contribution in [3.05, 3.63) is 17.5 Å². The van der Waals surface area contributed by atoms with Crippen LogP contribution in [0.2, 0.25) is 0 Å². The van der Waals surface area contributed by atoms with Crippen molar-refractivity contribution < 1.29 is 24.3 Å². The number of carbonyl (C=O) groups is 2. The van der Waals surface area contributed by atoms with E-state index in [1.165, 1.54) is 0 Å². The maximum atomic E-state index is 11.1. The summed E-state index contributed by atoms with van der Waals surface area (Å²) < 4.78 is 5.08. The van der Waals surface area contributed by atoms with E-state index in [0.29, 0.717) is 25.3 Å². The number of piperidine rings is 1. The summed E-state index contributed by atoms with van der Waals surface area (Å²) in [5, 5.41) is 21.9. The normalized spacial score (nSPS) is 24.3. The van der Waals surface area contributed by atoms with E-state index >= 15 is 0 Å². The largest absolute Gasteiger partial charge is 0.481 e. The van der Waals surface area contributed by atoms with Gasteiger partial charge in [0.25, 0.3) is 0 Å². The quantitative estimate of drug-likeness (QED) is 0.823. The smallest absolute Gasteiger partial charge is 0.308 e. The van der Waals surface area contributed by atoms with Crippen LogP contribution in [0.15, 0.2) is 10.6 Å². The second-order valence-corrected chi connectivity index (χ2v) is 4.85. The molecule has 1 fully saturated rings. The zero-order valence-electron chi connectivity index (χ0n) is 10.6. The van der Waals surface area contributed by atoms with Gasteiger partial charge in [0.05, 0.1) is 24.1 Å². The van der Waals surface area contributed by atoms with Gasteiger partial charge in [0.1, 0.15) is 0 Å². The fourth-order valence-electron chi connectivity index (χ4n) is 2.42. The highest BCUT2D eigenvalue weighted by Gasteiger charge is 2.38. The van der Waals surface area contributed by atoms with Crippen molar-refractivity contribution in [1.82, 2.24) is 10.1 Å². The highest BCUT2D eigenvalue weighted by Crippen LogP contribution is 2.25. The Bertz CT molecular complexity index is 484. The van der Waals surface area contributed by atoms with E-state index in [1.54, 1.807) is 6.07 Å². The molecule has 0 spiro atoms. The highest BCUT2D eigenvalue weighted by molar-refractivity contribution is 5.80. The molecule has 2 heterocycles. The number of aromatic nitrogens is 1. The molecule has 7 heteroatoms. The number of rotatable bonds is 4. The Morgan fingerprint density at radius 2 is 2.11 bits per heavy atom. The molecule has 7 nitrogen and oxygen atoms in total. The first kappa shape index (κ1) is 13.5. The Labute approximate surface area is 109 Å². The fraction of sp³-hybridized carbons (Fsp3) is 0.583. The first-order valence-electron chi connectivity index (χ1n) is 6.07. The van der Waals surface area contributed by atoms with Crippen molar-refractivity contribution in [2.45, 2.75) is 19.9 Å². The van der Waals surface area contributed by atoms with Crippen LogP contribution < -0.4 is 0 Å². The van der Waals surface area contributed by atoms with Crippen LogP contribution in [-0.4, -0.2) is 45.3 Å². The van der Waals surface area contributed by atoms with E-state index in [2.05, 4.69) is 5.16 Å². The minimum Gasteiger partial charge on any atom is -0.481 e. The van der Waals surface area contributed by atoms with Crippen molar-refractivity contribution in [3.8, 4) is 0 Å². The molecular formula is C12H16N2O5. The summed E-state index contributed by atoms with van der Waals surface area (Å²) in [6.07, 6.45) is 0.333. The molecule has 1 aliphatic heterocycles. The lowest BCUT2D eigenvalue weighted by Crippen LogP contribution is -2.46. The van der Waals surface area contributed by atoms with Crippen LogP contribution in [0.5, 0.6) is 0 Å². The van der Waals surface area contributed by atoms with Crippen molar-refractivity contribution in [3.63, 3.8) is 0 Å². The summed E-state index contributed by atoms with van der Waals surface area (Å²) in [6.45, 7) is 3.02. The number of hydrogen-bond acceptors (Lipinski definition) is 5. The third-order valence-corrected chi connectivity index (χ3v) is 3.39. The third kappa shape index (κ3) is 3.11. The highest BCUT2D eigenvalue weighted by atomic mass is 16.5. The van der Waals surface area contributed by atoms with Crippen LogP contribution in [0.4, 0.5) is 0 Å². The summed E-state index contributed by atoms with van der Waals surface area (Å²) in [5.41, 5.74) is 0.769. The van der Waals surface area contributed by atoms with E-state index in [4.69, 9.17) is 14.7 Å². The number of aliphatic carboxylic acids is 2. The van der Waals surface area contributed by atoms with Crippen molar-refractivity contribution in [2.75, 3.05) is 13.1 Å². The molecule has 1 aromatic rings. The molecule has 19 heavy (non-hydrogen) atoms. The average molecular weight is 268 g/mol. The van der Waals surface area contributed by atoms with Crippen LogP contribution in [0.25, 0.3) is 0 Å². The van der Waals surface area contributed by atoms with Gasteiger partial charge in [0.2, 0.25) is 0 Å². The Balaban J connectivity index is 2.02. The third-order valence-electron chi connectivity index (χ3n) is 3.39. The minimum absolute atomic E-state index is 0.214. The first-order valence-corrected chi connectivity index (χ1v) is 6.07. The molecule has 2 rings (SSSR count). The number of carboxylic acids is 2. The molecular weight excluding hydrogens is 252 g/mol. The van der Waals surface area contributed by atoms with Gasteiger partial charge in [-0.05, 0) is 19.9 Å². The standard InChI is InChI=1S/C12H16N2O5/c1-7-4-8(19-13-7)5-14-3-2-9(11(15)16)10(6-14)12(17)18/h4,9-10H,2-3,5-6H2,1H3,(H,15,16)(H,17,18). The molecule has 1 saturated heterocycles. The molecule has 0 saturated carbocycles. The summed E-state index contributed by atoms with van der Waals surface area (Å²) >= 11 is 0. The van der Waals surface area contributed by atoms with Gasteiger partial charge in [-0.1, -0.05) is 5.16 Å². The maximum absolute atomic E-state index is 11.1. The molecule has 0 radical (unpaired) electrons. The second kappa shape index (κ2) is 5.40. The zero-order valence-corrected chi connectivity index (χ0v) is 10.6. The Morgan fingerprint density at radius 1 is 1.42 bits per heavy atom. The summed E-state index contributed by atoms with van der Waals surface area (Å²) in [4.78, 5) is 24.1. The van der Waals surface area contributed by atoms with Crippen LogP contribution in [-0.2, 0) is 16.1 Å². The van der Waals surface area contributed by atoms with E-state index in [-0.39, 0.29) is 6.54 Å². The topological polar surface area (TPSA) is 104 Å². The Kier molecular flexibility index (Phi) is 3.84. The molecule has 2 N–H and O–H groups in total. The fourth-order valence-corrected chi connectivity index (χ4v) is 2.42. The molecule has 2 atom stereocenters. The van der Waals surface area contributed by atoms with Gasteiger partial charge in [-0.15, -0.1) is 0 Å². The number of carboxylic acid groups (broad SMARTS) is 2. The summed E-state index contributed by atoms with van der Waals surface area (Å²) in [5.74, 6) is -3.13. The van der Waals surface area contributed by atoms with Crippen molar-refractivity contribution in [2.24, 2.45) is 11.8 Å². The molecule has 0 aliphatic carbocycles. The molecule has 104 valence electrons. The van der Waals surface area contributed by atoms with E-state index in [9.17, 15) is 9.59 Å². The van der Waals surface area contributed by atoms with Gasteiger partial charge in [-0.3, -0.25) is 14.5 Å². The van der Waals surface area contributed by atoms with E-state index < -0.39 is 23.8 Å². The zero-order chi connectivity index (χ0) is 14.0. The van der Waals surface area contributed by atoms with Crippen molar-refractivity contribution in [1.29, 1.82) is 0 Å². The Morgan fingerprint density at radius 3 is 2.63 bits per heavy atom. The van der Waals surface area contributed by atoms with Gasteiger partial charge in [-0.2, -0.15) is 0 Å². The predicted octanol–water partition coefficient (Wildman–Crippen LogP) is 0.590. The van der Waals surface area contributed by atoms with Gasteiger partial charge in [-0.25, -0.2) is 0 Å². The van der Waals surface area contributed by atoms with Crippen LogP contribution in [0.3, 0.4) is 0 Å². The number of aryl methyl sites for hydroxylation is 1. The molecule has 1 aliphatic rings. The number of nitrogens with zero attached hydrogens (tertiary/aromatic N) is 2. The lowest BCUT2D eigenvalue weighted by atomic mass is 9.85. The molecule has 0 bridgehead atoms. The van der Waals surface area contributed by atoms with Crippen LogP contribution in [0.1, 0.15) is 17.9 Å². The molecule has 0 aromatic carbocycles. The van der Waals surface area contributed by atoms with Gasteiger partial charge in [0.15, 0.2) is 5.76 Å². The van der Waals surface area contributed by atoms with Crippen molar-refractivity contribution >= 4 is 11.9 Å². The molecule has 1 aromatic heterocycles. The first-order chi connectivity index (χ1) is 8.97. The lowest BCUT2D eigenvalue weighted by molar-refractivity contribution is -0.157.